The van der Waals surface area contributed by atoms with Crippen molar-refractivity contribution in [3.8, 4) is 0 Å². The molecule has 2 aromatic rings. The summed E-state index contributed by atoms with van der Waals surface area (Å²) in [5.41, 5.74) is 2.99. The molecule has 1 aliphatic heterocycles. The lowest BCUT2D eigenvalue weighted by atomic mass is 10.1. The Balaban J connectivity index is 1.57. The average molecular weight is 358 g/mol. The van der Waals surface area contributed by atoms with Crippen LogP contribution < -0.4 is 0 Å². The maximum atomic E-state index is 12.6. The second-order valence-corrected chi connectivity index (χ2v) is 7.97. The van der Waals surface area contributed by atoms with Gasteiger partial charge in [-0.05, 0) is 50.6 Å². The van der Waals surface area contributed by atoms with Gasteiger partial charge in [0.15, 0.2) is 0 Å². The third kappa shape index (κ3) is 5.13. The van der Waals surface area contributed by atoms with Crippen LogP contribution in [-0.2, 0) is 13.1 Å². The second kappa shape index (κ2) is 8.59. The Kier molecular flexibility index (Phi) is 6.21. The van der Waals surface area contributed by atoms with Crippen molar-refractivity contribution < 1.29 is 4.79 Å². The number of likely N-dealkylation sites (tertiary alicyclic amines) is 1. The Hall–Kier alpha value is -1.72. The minimum absolute atomic E-state index is 0.0481. The summed E-state index contributed by atoms with van der Waals surface area (Å²) < 4.78 is 0. The molecule has 5 heteroatoms. The molecular formula is C20H27N3OS. The number of aromatic nitrogens is 1. The Morgan fingerprint density at radius 2 is 1.84 bits per heavy atom. The van der Waals surface area contributed by atoms with E-state index in [9.17, 15) is 4.79 Å². The largest absolute Gasteiger partial charge is 0.336 e. The van der Waals surface area contributed by atoms with Gasteiger partial charge < -0.3 is 4.90 Å². The Labute approximate surface area is 154 Å². The molecule has 1 saturated heterocycles. The van der Waals surface area contributed by atoms with Crippen LogP contribution in [-0.4, -0.2) is 40.8 Å². The molecule has 1 aliphatic rings. The fraction of sp³-hybridized carbons (Fsp3) is 0.500. The molecule has 0 aliphatic carbocycles. The van der Waals surface area contributed by atoms with Gasteiger partial charge in [-0.1, -0.05) is 25.0 Å². The molecule has 1 aromatic heterocycles. The predicted octanol–water partition coefficient (Wildman–Crippen LogP) is 4.10. The van der Waals surface area contributed by atoms with Gasteiger partial charge in [0.25, 0.3) is 5.91 Å². The van der Waals surface area contributed by atoms with Crippen molar-refractivity contribution in [3.63, 3.8) is 0 Å². The lowest BCUT2D eigenvalue weighted by molar-refractivity contribution is 0.0783. The zero-order valence-electron chi connectivity index (χ0n) is 15.2. The third-order valence-corrected chi connectivity index (χ3v) is 5.54. The van der Waals surface area contributed by atoms with E-state index in [1.165, 1.54) is 44.3 Å². The lowest BCUT2D eigenvalue weighted by Gasteiger charge is -2.20. The van der Waals surface area contributed by atoms with E-state index in [2.05, 4.69) is 22.0 Å². The fourth-order valence-corrected chi connectivity index (χ4v) is 3.93. The number of aryl methyl sites for hydroxylation is 1. The number of nitrogens with zero attached hydrogens (tertiary/aromatic N) is 3. The Bertz CT molecular complexity index is 687. The zero-order valence-corrected chi connectivity index (χ0v) is 16.0. The summed E-state index contributed by atoms with van der Waals surface area (Å²) in [5.74, 6) is 0.0481. The van der Waals surface area contributed by atoms with Crippen molar-refractivity contribution in [2.75, 3.05) is 20.1 Å². The van der Waals surface area contributed by atoms with E-state index in [0.29, 0.717) is 6.54 Å². The first-order valence-electron chi connectivity index (χ1n) is 9.09. The van der Waals surface area contributed by atoms with Crippen LogP contribution >= 0.6 is 11.3 Å². The van der Waals surface area contributed by atoms with Crippen LogP contribution in [0.2, 0.25) is 0 Å². The van der Waals surface area contributed by atoms with E-state index in [4.69, 9.17) is 0 Å². The normalized spacial score (nSPS) is 15.8. The van der Waals surface area contributed by atoms with Crippen molar-refractivity contribution in [1.29, 1.82) is 0 Å². The molecule has 0 radical (unpaired) electrons. The van der Waals surface area contributed by atoms with Crippen LogP contribution in [0.25, 0.3) is 0 Å². The van der Waals surface area contributed by atoms with E-state index >= 15 is 0 Å². The molecular weight excluding hydrogens is 330 g/mol. The summed E-state index contributed by atoms with van der Waals surface area (Å²) >= 11 is 1.62. The molecule has 3 rings (SSSR count). The van der Waals surface area contributed by atoms with Crippen LogP contribution in [0.15, 0.2) is 29.6 Å². The van der Waals surface area contributed by atoms with Crippen LogP contribution in [0.1, 0.15) is 52.3 Å². The maximum Gasteiger partial charge on any atom is 0.253 e. The average Bonchev–Trinajstić information content (AvgIpc) is 2.85. The molecule has 0 saturated carbocycles. The van der Waals surface area contributed by atoms with E-state index in [1.807, 2.05) is 31.5 Å². The van der Waals surface area contributed by atoms with Gasteiger partial charge in [0.05, 0.1) is 17.2 Å². The second-order valence-electron chi connectivity index (χ2n) is 6.91. The van der Waals surface area contributed by atoms with Crippen molar-refractivity contribution in [2.24, 2.45) is 0 Å². The molecule has 25 heavy (non-hydrogen) atoms. The van der Waals surface area contributed by atoms with Gasteiger partial charge in [-0.25, -0.2) is 4.98 Å². The van der Waals surface area contributed by atoms with Gasteiger partial charge in [0.2, 0.25) is 0 Å². The highest BCUT2D eigenvalue weighted by Gasteiger charge is 2.14. The van der Waals surface area contributed by atoms with Crippen LogP contribution in [0.4, 0.5) is 0 Å². The van der Waals surface area contributed by atoms with E-state index in [1.54, 1.807) is 16.2 Å². The van der Waals surface area contributed by atoms with Gasteiger partial charge in [0.1, 0.15) is 0 Å². The number of carbonyl (C=O) groups is 1. The first-order chi connectivity index (χ1) is 12.1. The molecule has 4 nitrogen and oxygen atoms in total. The first kappa shape index (κ1) is 18.1. The first-order valence-corrected chi connectivity index (χ1v) is 9.97. The van der Waals surface area contributed by atoms with Crippen molar-refractivity contribution in [2.45, 2.75) is 45.7 Å². The highest BCUT2D eigenvalue weighted by Crippen LogP contribution is 2.15. The number of carbonyl (C=O) groups excluding carboxylic acids is 1. The smallest absolute Gasteiger partial charge is 0.253 e. The van der Waals surface area contributed by atoms with Crippen molar-refractivity contribution >= 4 is 17.2 Å². The molecule has 0 bridgehead atoms. The summed E-state index contributed by atoms with van der Waals surface area (Å²) in [6, 6.07) is 8.11. The Morgan fingerprint density at radius 1 is 1.16 bits per heavy atom. The standard InChI is InChI=1S/C20H27N3OS/c1-16-21-19(15-25-16)14-22(2)20(24)18-9-7-17(8-10-18)13-23-11-5-3-4-6-12-23/h7-10,15H,3-6,11-14H2,1-2H3. The molecule has 2 heterocycles. The van der Waals surface area contributed by atoms with Crippen LogP contribution in [0, 0.1) is 6.92 Å². The fourth-order valence-electron chi connectivity index (χ4n) is 3.32. The monoisotopic (exact) mass is 357 g/mol. The quantitative estimate of drug-likeness (QED) is 0.808. The molecule has 1 amide bonds. The van der Waals surface area contributed by atoms with E-state index < -0.39 is 0 Å². The van der Waals surface area contributed by atoms with Crippen molar-refractivity contribution in [3.05, 3.63) is 51.5 Å². The summed E-state index contributed by atoms with van der Waals surface area (Å²) in [4.78, 5) is 21.3. The lowest BCUT2D eigenvalue weighted by Crippen LogP contribution is -2.26. The Morgan fingerprint density at radius 3 is 2.44 bits per heavy atom. The summed E-state index contributed by atoms with van der Waals surface area (Å²) in [6.07, 6.45) is 5.32. The number of hydrogen-bond donors (Lipinski definition) is 0. The summed E-state index contributed by atoms with van der Waals surface area (Å²) in [7, 11) is 1.84. The van der Waals surface area contributed by atoms with E-state index in [0.717, 1.165) is 22.8 Å². The minimum atomic E-state index is 0.0481. The third-order valence-electron chi connectivity index (χ3n) is 4.72. The SMILES string of the molecule is Cc1nc(CN(C)C(=O)c2ccc(CN3CCCCCC3)cc2)cs1. The molecule has 1 fully saturated rings. The summed E-state index contributed by atoms with van der Waals surface area (Å²) in [6.45, 7) is 5.91. The van der Waals surface area contributed by atoms with Gasteiger partial charge in [0, 0.05) is 24.5 Å². The zero-order chi connectivity index (χ0) is 17.6. The molecule has 0 spiro atoms. The predicted molar refractivity (Wildman–Crippen MR) is 103 cm³/mol. The van der Waals surface area contributed by atoms with Crippen LogP contribution in [0.5, 0.6) is 0 Å². The number of thiazole rings is 1. The molecule has 0 N–H and O–H groups in total. The van der Waals surface area contributed by atoms with Crippen molar-refractivity contribution in [1.82, 2.24) is 14.8 Å². The number of rotatable bonds is 5. The molecule has 1 aromatic carbocycles. The van der Waals surface area contributed by atoms with Gasteiger partial charge in [-0.15, -0.1) is 11.3 Å². The summed E-state index contributed by atoms with van der Waals surface area (Å²) in [5, 5.41) is 3.05. The molecule has 0 unspecified atom stereocenters. The minimum Gasteiger partial charge on any atom is -0.336 e. The van der Waals surface area contributed by atoms with Gasteiger partial charge in [-0.3, -0.25) is 9.69 Å². The molecule has 134 valence electrons. The van der Waals surface area contributed by atoms with Gasteiger partial charge in [-0.2, -0.15) is 0 Å². The maximum absolute atomic E-state index is 12.6. The van der Waals surface area contributed by atoms with E-state index in [-0.39, 0.29) is 5.91 Å². The number of hydrogen-bond acceptors (Lipinski definition) is 4. The van der Waals surface area contributed by atoms with Gasteiger partial charge >= 0.3 is 0 Å². The highest BCUT2D eigenvalue weighted by atomic mass is 32.1. The van der Waals surface area contributed by atoms with Crippen LogP contribution in [0.3, 0.4) is 0 Å². The topological polar surface area (TPSA) is 36.4 Å². The highest BCUT2D eigenvalue weighted by molar-refractivity contribution is 7.09. The number of benzene rings is 1. The molecule has 0 atom stereocenters. The number of amides is 1.